The summed E-state index contributed by atoms with van der Waals surface area (Å²) < 4.78 is 5.55. The lowest BCUT2D eigenvalue weighted by Crippen LogP contribution is -2.51. The van der Waals surface area contributed by atoms with Crippen LogP contribution >= 0.6 is 0 Å². The van der Waals surface area contributed by atoms with Crippen LogP contribution in [0.2, 0.25) is 0 Å². The standard InChI is InChI=1S/C22H26N4O2/c1-22(2,3)21(27)26-13-11-25(12-14-26)15-19-23-20(28-24-19)18-10-6-8-16-7-4-5-9-17(16)18/h4-10H,11-15H2,1-3H3. The molecule has 6 nitrogen and oxygen atoms in total. The number of carbonyl (C=O) groups excluding carboxylic acids is 1. The minimum absolute atomic E-state index is 0.213. The van der Waals surface area contributed by atoms with Gasteiger partial charge in [0.2, 0.25) is 5.91 Å². The van der Waals surface area contributed by atoms with Gasteiger partial charge in [0.15, 0.2) is 5.82 Å². The maximum absolute atomic E-state index is 12.4. The minimum atomic E-state index is -0.330. The molecular formula is C22H26N4O2. The van der Waals surface area contributed by atoms with Crippen molar-refractivity contribution in [2.45, 2.75) is 27.3 Å². The summed E-state index contributed by atoms with van der Waals surface area (Å²) in [6.45, 7) is 9.65. The molecule has 1 fully saturated rings. The van der Waals surface area contributed by atoms with Crippen molar-refractivity contribution in [3.63, 3.8) is 0 Å². The maximum Gasteiger partial charge on any atom is 0.258 e. The Hall–Kier alpha value is -2.73. The molecule has 2 heterocycles. The highest BCUT2D eigenvalue weighted by Gasteiger charge is 2.30. The van der Waals surface area contributed by atoms with Gasteiger partial charge in [0, 0.05) is 37.2 Å². The van der Waals surface area contributed by atoms with Crippen molar-refractivity contribution in [2.75, 3.05) is 26.2 Å². The van der Waals surface area contributed by atoms with Crippen molar-refractivity contribution in [3.05, 3.63) is 48.3 Å². The molecule has 1 aliphatic rings. The van der Waals surface area contributed by atoms with Gasteiger partial charge in [-0.15, -0.1) is 0 Å². The monoisotopic (exact) mass is 378 g/mol. The van der Waals surface area contributed by atoms with E-state index in [-0.39, 0.29) is 11.3 Å². The summed E-state index contributed by atoms with van der Waals surface area (Å²) >= 11 is 0. The largest absolute Gasteiger partial charge is 0.340 e. The third kappa shape index (κ3) is 3.78. The zero-order chi connectivity index (χ0) is 19.7. The lowest BCUT2D eigenvalue weighted by molar-refractivity contribution is -0.141. The number of benzene rings is 2. The lowest BCUT2D eigenvalue weighted by Gasteiger charge is -2.37. The Kier molecular flexibility index (Phi) is 4.89. The molecule has 0 aliphatic carbocycles. The second-order valence-electron chi connectivity index (χ2n) is 8.36. The SMILES string of the molecule is CC(C)(C)C(=O)N1CCN(Cc2noc(-c3cccc4ccccc34)n2)CC1. The number of aromatic nitrogens is 2. The van der Waals surface area contributed by atoms with Crippen molar-refractivity contribution in [2.24, 2.45) is 5.41 Å². The van der Waals surface area contributed by atoms with Crippen LogP contribution in [0.15, 0.2) is 47.0 Å². The molecule has 1 aliphatic heterocycles. The van der Waals surface area contributed by atoms with Gasteiger partial charge in [0.25, 0.3) is 5.89 Å². The van der Waals surface area contributed by atoms with Gasteiger partial charge in [0.05, 0.1) is 6.54 Å². The number of piperazine rings is 1. The van der Waals surface area contributed by atoms with Gasteiger partial charge in [-0.1, -0.05) is 62.3 Å². The molecule has 2 aromatic carbocycles. The first kappa shape index (κ1) is 18.6. The average Bonchev–Trinajstić information content (AvgIpc) is 3.15. The van der Waals surface area contributed by atoms with E-state index in [0.29, 0.717) is 18.3 Å². The molecule has 1 saturated heterocycles. The van der Waals surface area contributed by atoms with E-state index in [0.717, 1.165) is 42.5 Å². The van der Waals surface area contributed by atoms with Crippen LogP contribution in [0.25, 0.3) is 22.2 Å². The molecule has 3 aromatic rings. The van der Waals surface area contributed by atoms with Crippen LogP contribution in [0.4, 0.5) is 0 Å². The number of hydrogen-bond donors (Lipinski definition) is 0. The maximum atomic E-state index is 12.4. The predicted octanol–water partition coefficient (Wildman–Crippen LogP) is 3.58. The number of fused-ring (bicyclic) bond motifs is 1. The van der Waals surface area contributed by atoms with Gasteiger partial charge in [-0.2, -0.15) is 4.98 Å². The van der Waals surface area contributed by atoms with Gasteiger partial charge in [-0.05, 0) is 16.8 Å². The van der Waals surface area contributed by atoms with Crippen LogP contribution in [0.5, 0.6) is 0 Å². The second-order valence-corrected chi connectivity index (χ2v) is 8.36. The van der Waals surface area contributed by atoms with E-state index in [2.05, 4.69) is 33.2 Å². The van der Waals surface area contributed by atoms with Gasteiger partial charge < -0.3 is 9.42 Å². The Morgan fingerprint density at radius 1 is 1.04 bits per heavy atom. The highest BCUT2D eigenvalue weighted by Crippen LogP contribution is 2.27. The van der Waals surface area contributed by atoms with Crippen LogP contribution in [0, 0.1) is 5.41 Å². The number of carbonyl (C=O) groups is 1. The predicted molar refractivity (Wildman–Crippen MR) is 109 cm³/mol. The molecule has 0 bridgehead atoms. The van der Waals surface area contributed by atoms with Crippen molar-refractivity contribution in [1.29, 1.82) is 0 Å². The zero-order valence-corrected chi connectivity index (χ0v) is 16.7. The summed E-state index contributed by atoms with van der Waals surface area (Å²) in [5.74, 6) is 1.44. The highest BCUT2D eigenvalue weighted by molar-refractivity contribution is 5.94. The summed E-state index contributed by atoms with van der Waals surface area (Å²) in [6, 6.07) is 14.3. The van der Waals surface area contributed by atoms with Gasteiger partial charge in [-0.25, -0.2) is 0 Å². The molecule has 28 heavy (non-hydrogen) atoms. The minimum Gasteiger partial charge on any atom is -0.340 e. The molecule has 0 unspecified atom stereocenters. The first-order chi connectivity index (χ1) is 13.4. The molecule has 0 N–H and O–H groups in total. The molecule has 0 atom stereocenters. The number of amides is 1. The van der Waals surface area contributed by atoms with E-state index >= 15 is 0 Å². The third-order valence-corrected chi connectivity index (χ3v) is 5.15. The zero-order valence-electron chi connectivity index (χ0n) is 16.7. The summed E-state index contributed by atoms with van der Waals surface area (Å²) in [5, 5.41) is 6.44. The van der Waals surface area contributed by atoms with E-state index in [1.807, 2.05) is 49.9 Å². The number of hydrogen-bond acceptors (Lipinski definition) is 5. The van der Waals surface area contributed by atoms with Crippen molar-refractivity contribution >= 4 is 16.7 Å². The quantitative estimate of drug-likeness (QED) is 0.697. The van der Waals surface area contributed by atoms with Crippen LogP contribution in [0.3, 0.4) is 0 Å². The molecule has 6 heteroatoms. The third-order valence-electron chi connectivity index (χ3n) is 5.15. The Balaban J connectivity index is 1.43. The average molecular weight is 378 g/mol. The Morgan fingerprint density at radius 3 is 2.50 bits per heavy atom. The fraction of sp³-hybridized carbons (Fsp3) is 0.409. The lowest BCUT2D eigenvalue weighted by atomic mass is 9.94. The smallest absolute Gasteiger partial charge is 0.258 e. The van der Waals surface area contributed by atoms with E-state index in [1.54, 1.807) is 0 Å². The Labute approximate surface area is 165 Å². The van der Waals surface area contributed by atoms with Crippen molar-refractivity contribution in [1.82, 2.24) is 19.9 Å². The topological polar surface area (TPSA) is 62.5 Å². The molecule has 1 aromatic heterocycles. The number of nitrogens with zero attached hydrogens (tertiary/aromatic N) is 4. The summed E-state index contributed by atoms with van der Waals surface area (Å²) in [5.41, 5.74) is 0.626. The van der Waals surface area contributed by atoms with Gasteiger partial charge in [0.1, 0.15) is 0 Å². The molecule has 1 amide bonds. The first-order valence-corrected chi connectivity index (χ1v) is 9.74. The van der Waals surface area contributed by atoms with Crippen LogP contribution in [-0.2, 0) is 11.3 Å². The highest BCUT2D eigenvalue weighted by atomic mass is 16.5. The van der Waals surface area contributed by atoms with E-state index in [1.165, 1.54) is 0 Å². The molecule has 146 valence electrons. The summed E-state index contributed by atoms with van der Waals surface area (Å²) in [6.07, 6.45) is 0. The summed E-state index contributed by atoms with van der Waals surface area (Å²) in [4.78, 5) is 21.3. The fourth-order valence-electron chi connectivity index (χ4n) is 3.62. The Morgan fingerprint density at radius 2 is 1.75 bits per heavy atom. The number of rotatable bonds is 3. The van der Waals surface area contributed by atoms with Crippen molar-refractivity contribution < 1.29 is 9.32 Å². The molecular weight excluding hydrogens is 352 g/mol. The normalized spacial score (nSPS) is 15.9. The fourth-order valence-corrected chi connectivity index (χ4v) is 3.62. The Bertz CT molecular complexity index is 976. The van der Waals surface area contributed by atoms with Crippen molar-refractivity contribution in [3.8, 4) is 11.5 Å². The summed E-state index contributed by atoms with van der Waals surface area (Å²) in [7, 11) is 0. The van der Waals surface area contributed by atoms with Gasteiger partial charge >= 0.3 is 0 Å². The molecule has 4 rings (SSSR count). The van der Waals surface area contributed by atoms with Crippen LogP contribution in [0.1, 0.15) is 26.6 Å². The van der Waals surface area contributed by atoms with E-state index < -0.39 is 0 Å². The molecule has 0 saturated carbocycles. The van der Waals surface area contributed by atoms with E-state index in [9.17, 15) is 4.79 Å². The molecule has 0 radical (unpaired) electrons. The van der Waals surface area contributed by atoms with Crippen LogP contribution < -0.4 is 0 Å². The second kappa shape index (κ2) is 7.36. The van der Waals surface area contributed by atoms with E-state index in [4.69, 9.17) is 4.52 Å². The molecule has 0 spiro atoms. The van der Waals surface area contributed by atoms with Gasteiger partial charge in [-0.3, -0.25) is 9.69 Å². The van der Waals surface area contributed by atoms with Crippen LogP contribution in [-0.4, -0.2) is 52.0 Å². The first-order valence-electron chi connectivity index (χ1n) is 9.74.